The van der Waals surface area contributed by atoms with Crippen molar-refractivity contribution in [2.75, 3.05) is 56.3 Å². The van der Waals surface area contributed by atoms with E-state index in [9.17, 15) is 4.79 Å². The number of ether oxygens (including phenoxy) is 5. The van der Waals surface area contributed by atoms with E-state index < -0.39 is 0 Å². The van der Waals surface area contributed by atoms with E-state index in [1.54, 1.807) is 0 Å². The molecule has 0 aromatic heterocycles. The van der Waals surface area contributed by atoms with Crippen molar-refractivity contribution in [2.45, 2.75) is 39.7 Å². The first-order valence-corrected chi connectivity index (χ1v) is 11.9. The maximum absolute atomic E-state index is 12.8. The number of para-hydroxylation sites is 1. The van der Waals surface area contributed by atoms with Crippen molar-refractivity contribution in [2.24, 2.45) is 0 Å². The first-order valence-electron chi connectivity index (χ1n) is 11.9. The Hall–Kier alpha value is -3.13. The predicted octanol–water partition coefficient (Wildman–Crippen LogP) is 4.05. The Bertz CT molecular complexity index is 1020. The van der Waals surface area contributed by atoms with Crippen LogP contribution in [0.25, 0.3) is 0 Å². The summed E-state index contributed by atoms with van der Waals surface area (Å²) in [5.74, 6) is 2.27. The van der Waals surface area contributed by atoms with E-state index >= 15 is 0 Å². The van der Waals surface area contributed by atoms with E-state index in [1.807, 2.05) is 58.0 Å². The highest BCUT2D eigenvalue weighted by Crippen LogP contribution is 2.42. The molecular formula is C26H34N2O6. The molecule has 1 saturated heterocycles. The average molecular weight is 471 g/mol. The maximum Gasteiger partial charge on any atom is 0.262 e. The number of amides is 1. The van der Waals surface area contributed by atoms with Crippen LogP contribution in [0.1, 0.15) is 33.3 Å². The fraction of sp³-hybridized carbons (Fsp3) is 0.500. The van der Waals surface area contributed by atoms with Crippen molar-refractivity contribution in [3.63, 3.8) is 0 Å². The van der Waals surface area contributed by atoms with Gasteiger partial charge in [-0.25, -0.2) is 0 Å². The van der Waals surface area contributed by atoms with Gasteiger partial charge in [-0.2, -0.15) is 0 Å². The molecule has 1 fully saturated rings. The number of fused-ring (bicyclic) bond motifs is 1. The van der Waals surface area contributed by atoms with Gasteiger partial charge in [0.05, 0.1) is 37.8 Å². The summed E-state index contributed by atoms with van der Waals surface area (Å²) >= 11 is 0. The number of benzene rings is 2. The van der Waals surface area contributed by atoms with Crippen LogP contribution >= 0.6 is 0 Å². The Morgan fingerprint density at radius 2 is 1.76 bits per heavy atom. The number of hydrogen-bond acceptors (Lipinski definition) is 7. The number of morpholine rings is 1. The molecule has 0 unspecified atom stereocenters. The van der Waals surface area contributed by atoms with Gasteiger partial charge in [-0.15, -0.1) is 0 Å². The molecule has 0 saturated carbocycles. The number of carbonyl (C=O) groups is 1. The Balaban J connectivity index is 1.50. The summed E-state index contributed by atoms with van der Waals surface area (Å²) in [6.45, 7) is 11.6. The van der Waals surface area contributed by atoms with Crippen LogP contribution < -0.4 is 29.2 Å². The lowest BCUT2D eigenvalue weighted by Crippen LogP contribution is -2.36. The van der Waals surface area contributed by atoms with Gasteiger partial charge >= 0.3 is 0 Å². The quantitative estimate of drug-likeness (QED) is 0.592. The van der Waals surface area contributed by atoms with Crippen LogP contribution in [-0.2, 0) is 16.0 Å². The van der Waals surface area contributed by atoms with Crippen molar-refractivity contribution in [3.05, 3.63) is 35.9 Å². The minimum atomic E-state index is -0.294. The molecule has 34 heavy (non-hydrogen) atoms. The average Bonchev–Trinajstić information content (AvgIpc) is 3.14. The molecule has 0 spiro atoms. The second kappa shape index (κ2) is 10.4. The largest absolute Gasteiger partial charge is 0.492 e. The first-order chi connectivity index (χ1) is 16.4. The molecule has 0 bridgehead atoms. The zero-order chi connectivity index (χ0) is 24.1. The Kier molecular flexibility index (Phi) is 7.36. The van der Waals surface area contributed by atoms with Crippen molar-refractivity contribution >= 4 is 17.3 Å². The summed E-state index contributed by atoms with van der Waals surface area (Å²) in [6, 6.07) is 9.52. The summed E-state index contributed by atoms with van der Waals surface area (Å²) in [5, 5.41) is 2.93. The second-order valence-corrected chi connectivity index (χ2v) is 8.90. The molecule has 1 amide bonds. The lowest BCUT2D eigenvalue weighted by molar-refractivity contribution is -0.118. The summed E-state index contributed by atoms with van der Waals surface area (Å²) in [6.07, 6.45) is 0.805. The Labute approximate surface area is 201 Å². The SMILES string of the molecule is CCOc1cc(N2CCOCC2)c(OCC)cc1NC(=O)COc1cccc2c1OC(C)(C)C2. The van der Waals surface area contributed by atoms with Crippen LogP contribution in [0.3, 0.4) is 0 Å². The summed E-state index contributed by atoms with van der Waals surface area (Å²) in [5.41, 5.74) is 2.28. The van der Waals surface area contributed by atoms with Crippen molar-refractivity contribution in [1.82, 2.24) is 0 Å². The van der Waals surface area contributed by atoms with E-state index in [-0.39, 0.29) is 18.1 Å². The third-order valence-corrected chi connectivity index (χ3v) is 5.70. The Morgan fingerprint density at radius 1 is 1.03 bits per heavy atom. The molecule has 0 aliphatic carbocycles. The summed E-state index contributed by atoms with van der Waals surface area (Å²) in [4.78, 5) is 15.0. The zero-order valence-electron chi connectivity index (χ0n) is 20.4. The van der Waals surface area contributed by atoms with Crippen molar-refractivity contribution in [3.8, 4) is 23.0 Å². The zero-order valence-corrected chi connectivity index (χ0v) is 20.4. The highest BCUT2D eigenvalue weighted by molar-refractivity contribution is 5.94. The normalized spacial score (nSPS) is 16.4. The van der Waals surface area contributed by atoms with Crippen LogP contribution in [0, 0.1) is 0 Å². The van der Waals surface area contributed by atoms with Gasteiger partial charge in [0.15, 0.2) is 18.1 Å². The molecule has 0 atom stereocenters. The van der Waals surface area contributed by atoms with Gasteiger partial charge in [0, 0.05) is 37.2 Å². The highest BCUT2D eigenvalue weighted by atomic mass is 16.5. The number of hydrogen-bond donors (Lipinski definition) is 1. The lowest BCUT2D eigenvalue weighted by Gasteiger charge is -2.31. The third kappa shape index (κ3) is 5.50. The molecule has 184 valence electrons. The monoisotopic (exact) mass is 470 g/mol. The molecule has 2 heterocycles. The molecule has 2 aromatic rings. The van der Waals surface area contributed by atoms with Gasteiger partial charge in [-0.1, -0.05) is 12.1 Å². The minimum Gasteiger partial charge on any atom is -0.492 e. The molecule has 4 rings (SSSR count). The molecule has 2 aliphatic rings. The molecular weight excluding hydrogens is 436 g/mol. The Morgan fingerprint density at radius 3 is 2.50 bits per heavy atom. The van der Waals surface area contributed by atoms with Gasteiger partial charge in [-0.05, 0) is 33.8 Å². The predicted molar refractivity (Wildman–Crippen MR) is 131 cm³/mol. The standard InChI is InChI=1S/C26H34N2O6/c1-5-31-22-15-20(28-10-12-30-13-11-28)23(32-6-2)14-19(22)27-24(29)17-33-21-9-7-8-18-16-26(3,4)34-25(18)21/h7-9,14-15H,5-6,10-13,16-17H2,1-4H3,(H,27,29). The first kappa shape index (κ1) is 24.0. The van der Waals surface area contributed by atoms with Crippen LogP contribution in [0.2, 0.25) is 0 Å². The number of anilines is 2. The van der Waals surface area contributed by atoms with E-state index in [4.69, 9.17) is 23.7 Å². The third-order valence-electron chi connectivity index (χ3n) is 5.70. The smallest absolute Gasteiger partial charge is 0.262 e. The van der Waals surface area contributed by atoms with E-state index in [0.29, 0.717) is 55.1 Å². The summed E-state index contributed by atoms with van der Waals surface area (Å²) in [7, 11) is 0. The van der Waals surface area contributed by atoms with E-state index in [2.05, 4.69) is 10.2 Å². The van der Waals surface area contributed by atoms with Crippen LogP contribution in [-0.4, -0.2) is 57.6 Å². The van der Waals surface area contributed by atoms with Crippen LogP contribution in [0.4, 0.5) is 11.4 Å². The van der Waals surface area contributed by atoms with Gasteiger partial charge in [-0.3, -0.25) is 4.79 Å². The number of carbonyl (C=O) groups excluding carboxylic acids is 1. The van der Waals surface area contributed by atoms with Gasteiger partial charge in [0.1, 0.15) is 17.1 Å². The van der Waals surface area contributed by atoms with Crippen LogP contribution in [0.5, 0.6) is 23.0 Å². The number of nitrogens with zero attached hydrogens (tertiary/aromatic N) is 1. The molecule has 0 radical (unpaired) electrons. The highest BCUT2D eigenvalue weighted by Gasteiger charge is 2.32. The molecule has 2 aromatic carbocycles. The number of rotatable bonds is 9. The fourth-order valence-electron chi connectivity index (χ4n) is 4.27. The van der Waals surface area contributed by atoms with Crippen molar-refractivity contribution < 1.29 is 28.5 Å². The fourth-order valence-corrected chi connectivity index (χ4v) is 4.27. The second-order valence-electron chi connectivity index (χ2n) is 8.90. The van der Waals surface area contributed by atoms with Gasteiger partial charge in [0.25, 0.3) is 5.91 Å². The maximum atomic E-state index is 12.8. The minimum absolute atomic E-state index is 0.152. The molecule has 2 aliphatic heterocycles. The topological polar surface area (TPSA) is 78.5 Å². The lowest BCUT2D eigenvalue weighted by atomic mass is 10.0. The van der Waals surface area contributed by atoms with Gasteiger partial charge < -0.3 is 33.9 Å². The molecule has 1 N–H and O–H groups in total. The molecule has 8 heteroatoms. The molecule has 8 nitrogen and oxygen atoms in total. The van der Waals surface area contributed by atoms with Crippen molar-refractivity contribution in [1.29, 1.82) is 0 Å². The van der Waals surface area contributed by atoms with E-state index in [0.717, 1.165) is 30.8 Å². The summed E-state index contributed by atoms with van der Waals surface area (Å²) < 4.78 is 29.1. The van der Waals surface area contributed by atoms with Gasteiger partial charge in [0.2, 0.25) is 0 Å². The van der Waals surface area contributed by atoms with Crippen LogP contribution in [0.15, 0.2) is 30.3 Å². The van der Waals surface area contributed by atoms with E-state index in [1.165, 1.54) is 0 Å². The number of nitrogens with one attached hydrogen (secondary N) is 1.